The van der Waals surface area contributed by atoms with Crippen molar-refractivity contribution < 1.29 is 0 Å². The Balaban J connectivity index is 2.15. The topological polar surface area (TPSA) is 75.9 Å². The molecule has 0 aliphatic carbocycles. The van der Waals surface area contributed by atoms with E-state index in [4.69, 9.17) is 5.73 Å². The fourth-order valence-electron chi connectivity index (χ4n) is 1.70. The zero-order valence-corrected chi connectivity index (χ0v) is 13.1. The summed E-state index contributed by atoms with van der Waals surface area (Å²) >= 11 is 3.45. The minimum Gasteiger partial charge on any atom is -0.368 e. The zero-order valence-electron chi connectivity index (χ0n) is 11.5. The number of aryl methyl sites for hydroxylation is 1. The Morgan fingerprint density at radius 1 is 1.25 bits per heavy atom. The van der Waals surface area contributed by atoms with E-state index >= 15 is 0 Å². The van der Waals surface area contributed by atoms with Crippen LogP contribution in [0.25, 0.3) is 0 Å². The molecule has 1 heterocycles. The van der Waals surface area contributed by atoms with Gasteiger partial charge in [0.05, 0.1) is 0 Å². The summed E-state index contributed by atoms with van der Waals surface area (Å²) in [5.41, 5.74) is 6.70. The number of hydrogen-bond donors (Lipinski definition) is 3. The molecule has 5 nitrogen and oxygen atoms in total. The van der Waals surface area contributed by atoms with Crippen LogP contribution in [0.2, 0.25) is 0 Å². The SMILES string of the molecule is Cc1nc(NCC(C)N)cc(Nc2cccc(Br)c2)n1. The number of nitrogens with zero attached hydrogens (tertiary/aromatic N) is 2. The molecule has 0 spiro atoms. The lowest BCUT2D eigenvalue weighted by molar-refractivity contribution is 0.776. The van der Waals surface area contributed by atoms with Crippen molar-refractivity contribution in [3.05, 3.63) is 40.6 Å². The van der Waals surface area contributed by atoms with E-state index in [0.29, 0.717) is 12.4 Å². The van der Waals surface area contributed by atoms with Crippen LogP contribution in [0, 0.1) is 6.92 Å². The molecule has 0 fully saturated rings. The van der Waals surface area contributed by atoms with Gasteiger partial charge < -0.3 is 16.4 Å². The van der Waals surface area contributed by atoms with Gasteiger partial charge in [0, 0.05) is 28.8 Å². The molecule has 6 heteroatoms. The minimum atomic E-state index is 0.0757. The van der Waals surface area contributed by atoms with Gasteiger partial charge in [0.1, 0.15) is 17.5 Å². The van der Waals surface area contributed by atoms with E-state index in [0.717, 1.165) is 21.8 Å². The summed E-state index contributed by atoms with van der Waals surface area (Å²) in [5.74, 6) is 2.23. The van der Waals surface area contributed by atoms with Crippen LogP contribution in [-0.4, -0.2) is 22.6 Å². The lowest BCUT2D eigenvalue weighted by Crippen LogP contribution is -2.25. The molecule has 0 saturated heterocycles. The van der Waals surface area contributed by atoms with E-state index < -0.39 is 0 Å². The number of nitrogens with one attached hydrogen (secondary N) is 2. The third-order valence-electron chi connectivity index (χ3n) is 2.54. The second-order valence-corrected chi connectivity index (χ2v) is 5.59. The van der Waals surface area contributed by atoms with Gasteiger partial charge in [-0.15, -0.1) is 0 Å². The van der Waals surface area contributed by atoms with Gasteiger partial charge in [0.15, 0.2) is 0 Å². The quantitative estimate of drug-likeness (QED) is 0.782. The summed E-state index contributed by atoms with van der Waals surface area (Å²) in [6.45, 7) is 4.48. The third kappa shape index (κ3) is 4.47. The molecule has 2 aromatic rings. The number of benzene rings is 1. The maximum absolute atomic E-state index is 5.73. The summed E-state index contributed by atoms with van der Waals surface area (Å²) in [7, 11) is 0. The van der Waals surface area contributed by atoms with Crippen molar-refractivity contribution in [1.82, 2.24) is 9.97 Å². The summed E-state index contributed by atoms with van der Waals surface area (Å²) < 4.78 is 1.02. The van der Waals surface area contributed by atoms with Crippen molar-refractivity contribution in [2.75, 3.05) is 17.2 Å². The molecule has 0 amide bonds. The molecule has 1 unspecified atom stereocenters. The molecular weight excluding hydrogens is 318 g/mol. The van der Waals surface area contributed by atoms with Gasteiger partial charge in [-0.2, -0.15) is 0 Å². The van der Waals surface area contributed by atoms with Gasteiger partial charge in [-0.3, -0.25) is 0 Å². The first-order chi connectivity index (χ1) is 9.52. The zero-order chi connectivity index (χ0) is 14.5. The second-order valence-electron chi connectivity index (χ2n) is 4.68. The fraction of sp³-hybridized carbons (Fsp3) is 0.286. The van der Waals surface area contributed by atoms with E-state index in [9.17, 15) is 0 Å². The average molecular weight is 336 g/mol. The molecule has 0 bridgehead atoms. The van der Waals surface area contributed by atoms with E-state index in [1.807, 2.05) is 44.2 Å². The average Bonchev–Trinajstić information content (AvgIpc) is 2.35. The van der Waals surface area contributed by atoms with Crippen molar-refractivity contribution in [2.24, 2.45) is 5.73 Å². The predicted octanol–water partition coefficient (Wildman–Crippen LogP) is 3.05. The van der Waals surface area contributed by atoms with Gasteiger partial charge in [0.25, 0.3) is 0 Å². The normalized spacial score (nSPS) is 12.0. The molecule has 1 aromatic heterocycles. The van der Waals surface area contributed by atoms with Crippen LogP contribution in [-0.2, 0) is 0 Å². The van der Waals surface area contributed by atoms with Crippen molar-refractivity contribution in [2.45, 2.75) is 19.9 Å². The molecule has 106 valence electrons. The number of nitrogens with two attached hydrogens (primary N) is 1. The van der Waals surface area contributed by atoms with E-state index in [2.05, 4.69) is 36.5 Å². The molecule has 1 aromatic carbocycles. The minimum absolute atomic E-state index is 0.0757. The highest BCUT2D eigenvalue weighted by atomic mass is 79.9. The lowest BCUT2D eigenvalue weighted by atomic mass is 10.3. The largest absolute Gasteiger partial charge is 0.368 e. The molecule has 20 heavy (non-hydrogen) atoms. The predicted molar refractivity (Wildman–Crippen MR) is 86.3 cm³/mol. The van der Waals surface area contributed by atoms with Crippen LogP contribution >= 0.6 is 15.9 Å². The monoisotopic (exact) mass is 335 g/mol. The summed E-state index contributed by atoms with van der Waals surface area (Å²) in [5, 5.41) is 6.46. The summed E-state index contributed by atoms with van der Waals surface area (Å²) in [6, 6.07) is 9.87. The molecule has 0 saturated carbocycles. The number of aromatic nitrogens is 2. The molecule has 0 aliphatic rings. The number of rotatable bonds is 5. The first-order valence-electron chi connectivity index (χ1n) is 6.40. The second kappa shape index (κ2) is 6.67. The lowest BCUT2D eigenvalue weighted by Gasteiger charge is -2.11. The third-order valence-corrected chi connectivity index (χ3v) is 3.03. The fourth-order valence-corrected chi connectivity index (χ4v) is 2.10. The van der Waals surface area contributed by atoms with Crippen molar-refractivity contribution in [3.63, 3.8) is 0 Å². The highest BCUT2D eigenvalue weighted by molar-refractivity contribution is 9.10. The van der Waals surface area contributed by atoms with Crippen LogP contribution in [0.4, 0.5) is 17.3 Å². The van der Waals surface area contributed by atoms with Crippen LogP contribution in [0.3, 0.4) is 0 Å². The maximum Gasteiger partial charge on any atom is 0.136 e. The van der Waals surface area contributed by atoms with Crippen molar-refractivity contribution in [1.29, 1.82) is 0 Å². The van der Waals surface area contributed by atoms with Gasteiger partial charge >= 0.3 is 0 Å². The Bertz CT molecular complexity index is 586. The Morgan fingerprint density at radius 2 is 2.00 bits per heavy atom. The molecule has 1 atom stereocenters. The molecule has 0 aliphatic heterocycles. The van der Waals surface area contributed by atoms with Crippen LogP contribution in [0.15, 0.2) is 34.8 Å². The van der Waals surface area contributed by atoms with Crippen LogP contribution < -0.4 is 16.4 Å². The number of hydrogen-bond acceptors (Lipinski definition) is 5. The number of anilines is 3. The Morgan fingerprint density at radius 3 is 2.70 bits per heavy atom. The van der Waals surface area contributed by atoms with Crippen molar-refractivity contribution >= 4 is 33.3 Å². The number of halogens is 1. The first-order valence-corrected chi connectivity index (χ1v) is 7.20. The molecular formula is C14H18BrN5. The van der Waals surface area contributed by atoms with Crippen LogP contribution in [0.5, 0.6) is 0 Å². The van der Waals surface area contributed by atoms with Crippen molar-refractivity contribution in [3.8, 4) is 0 Å². The molecule has 2 rings (SSSR count). The van der Waals surface area contributed by atoms with Gasteiger partial charge in [0.2, 0.25) is 0 Å². The van der Waals surface area contributed by atoms with E-state index in [1.54, 1.807) is 0 Å². The van der Waals surface area contributed by atoms with Gasteiger partial charge in [-0.1, -0.05) is 22.0 Å². The standard InChI is InChI=1S/C14H18BrN5/c1-9(16)8-17-13-7-14(19-10(2)18-13)20-12-5-3-4-11(15)6-12/h3-7,9H,8,16H2,1-2H3,(H2,17,18,19,20). The molecule has 0 radical (unpaired) electrons. The highest BCUT2D eigenvalue weighted by Gasteiger charge is 2.03. The Kier molecular flexibility index (Phi) is 4.92. The smallest absolute Gasteiger partial charge is 0.136 e. The van der Waals surface area contributed by atoms with E-state index in [1.165, 1.54) is 0 Å². The maximum atomic E-state index is 5.73. The Hall–Kier alpha value is -1.66. The molecule has 4 N–H and O–H groups in total. The van der Waals surface area contributed by atoms with Gasteiger partial charge in [-0.25, -0.2) is 9.97 Å². The summed E-state index contributed by atoms with van der Waals surface area (Å²) in [6.07, 6.45) is 0. The van der Waals surface area contributed by atoms with E-state index in [-0.39, 0.29) is 6.04 Å². The Labute approximate surface area is 127 Å². The first kappa shape index (κ1) is 14.7. The van der Waals surface area contributed by atoms with Gasteiger partial charge in [-0.05, 0) is 32.0 Å². The highest BCUT2D eigenvalue weighted by Crippen LogP contribution is 2.20. The van der Waals surface area contributed by atoms with Crippen LogP contribution in [0.1, 0.15) is 12.7 Å². The summed E-state index contributed by atoms with van der Waals surface area (Å²) in [4.78, 5) is 8.72.